The number of hydrogen-bond donors (Lipinski definition) is 1. The van der Waals surface area contributed by atoms with Crippen LogP contribution in [-0.4, -0.2) is 50.5 Å². The van der Waals surface area contributed by atoms with E-state index in [9.17, 15) is 18.0 Å². The van der Waals surface area contributed by atoms with Gasteiger partial charge in [0.1, 0.15) is 12.6 Å². The Kier molecular flexibility index (Phi) is 10.7. The molecule has 0 saturated carbocycles. The molecule has 1 atom stereocenters. The molecular weight excluding hydrogens is 510 g/mol. The van der Waals surface area contributed by atoms with Crippen LogP contribution in [0.15, 0.2) is 84.9 Å². The predicted molar refractivity (Wildman–Crippen MR) is 157 cm³/mol. The fraction of sp³-hybridized carbons (Fsp3) is 0.355. The Bertz CT molecular complexity index is 1310. The van der Waals surface area contributed by atoms with Gasteiger partial charge in [0.2, 0.25) is 21.8 Å². The number of nitrogens with one attached hydrogen (secondary N) is 1. The number of benzene rings is 3. The van der Waals surface area contributed by atoms with E-state index in [4.69, 9.17) is 0 Å². The first kappa shape index (κ1) is 29.9. The van der Waals surface area contributed by atoms with Crippen LogP contribution in [0.5, 0.6) is 0 Å². The highest BCUT2D eigenvalue weighted by Crippen LogP contribution is 2.21. The molecule has 2 amide bonds. The van der Waals surface area contributed by atoms with Crippen LogP contribution in [0.25, 0.3) is 0 Å². The van der Waals surface area contributed by atoms with E-state index in [1.807, 2.05) is 93.6 Å². The lowest BCUT2D eigenvalue weighted by molar-refractivity contribution is -0.140. The number of carbonyl (C=O) groups excluding carboxylic acids is 2. The second kappa shape index (κ2) is 13.9. The molecule has 7 nitrogen and oxygen atoms in total. The van der Waals surface area contributed by atoms with Gasteiger partial charge in [-0.25, -0.2) is 8.42 Å². The molecule has 8 heteroatoms. The summed E-state index contributed by atoms with van der Waals surface area (Å²) in [6.07, 6.45) is 2.20. The van der Waals surface area contributed by atoms with Crippen LogP contribution in [-0.2, 0) is 39.0 Å². The molecule has 0 aliphatic carbocycles. The average molecular weight is 550 g/mol. The Morgan fingerprint density at radius 2 is 1.38 bits per heavy atom. The molecule has 3 aromatic rings. The molecule has 0 saturated heterocycles. The molecule has 1 N–H and O–H groups in total. The zero-order valence-corrected chi connectivity index (χ0v) is 24.0. The third kappa shape index (κ3) is 8.96. The lowest BCUT2D eigenvalue weighted by Gasteiger charge is -2.33. The van der Waals surface area contributed by atoms with Crippen LogP contribution in [0.4, 0.5) is 5.69 Å². The van der Waals surface area contributed by atoms with Crippen LogP contribution < -0.4 is 9.62 Å². The van der Waals surface area contributed by atoms with E-state index in [1.54, 1.807) is 12.1 Å². The lowest BCUT2D eigenvalue weighted by Crippen LogP contribution is -2.53. The second-order valence-corrected chi connectivity index (χ2v) is 12.0. The summed E-state index contributed by atoms with van der Waals surface area (Å²) < 4.78 is 26.8. The van der Waals surface area contributed by atoms with Crippen molar-refractivity contribution < 1.29 is 18.0 Å². The zero-order chi connectivity index (χ0) is 28.4. The minimum Gasteiger partial charge on any atom is -0.354 e. The second-order valence-electron chi connectivity index (χ2n) is 10.1. The fourth-order valence-electron chi connectivity index (χ4n) is 4.27. The zero-order valence-electron chi connectivity index (χ0n) is 23.2. The molecule has 3 aromatic carbocycles. The van der Waals surface area contributed by atoms with Crippen molar-refractivity contribution in [3.8, 4) is 0 Å². The highest BCUT2D eigenvalue weighted by molar-refractivity contribution is 7.92. The van der Waals surface area contributed by atoms with E-state index < -0.39 is 28.5 Å². The molecule has 3 rings (SSSR count). The minimum absolute atomic E-state index is 0.165. The van der Waals surface area contributed by atoms with Gasteiger partial charge in [-0.05, 0) is 41.2 Å². The SMILES string of the molecule is CCc1ccc(N(CC(=O)N(Cc2ccccc2)C(Cc2ccccc2)C(=O)NCC(C)C)S(C)(=O)=O)cc1. The van der Waals surface area contributed by atoms with Gasteiger partial charge in [-0.15, -0.1) is 0 Å². The van der Waals surface area contributed by atoms with Crippen molar-refractivity contribution in [1.82, 2.24) is 10.2 Å². The Morgan fingerprint density at radius 3 is 1.90 bits per heavy atom. The summed E-state index contributed by atoms with van der Waals surface area (Å²) in [5.41, 5.74) is 3.22. The van der Waals surface area contributed by atoms with Crippen molar-refractivity contribution in [2.24, 2.45) is 5.92 Å². The predicted octanol–water partition coefficient (Wildman–Crippen LogP) is 4.43. The number of anilines is 1. The van der Waals surface area contributed by atoms with Crippen LogP contribution >= 0.6 is 0 Å². The summed E-state index contributed by atoms with van der Waals surface area (Å²) in [5.74, 6) is -0.490. The van der Waals surface area contributed by atoms with E-state index >= 15 is 0 Å². The summed E-state index contributed by atoms with van der Waals surface area (Å²) in [4.78, 5) is 29.1. The van der Waals surface area contributed by atoms with E-state index in [-0.39, 0.29) is 18.4 Å². The Morgan fingerprint density at radius 1 is 0.821 bits per heavy atom. The standard InChI is InChI=1S/C31H39N3O4S/c1-5-25-16-18-28(19-17-25)34(39(4,37)38)23-30(35)33(22-27-14-10-7-11-15-27)29(31(36)32-21-24(2)3)20-26-12-8-6-9-13-26/h6-19,24,29H,5,20-23H2,1-4H3,(H,32,36). The Labute approximate surface area is 232 Å². The first-order valence-electron chi connectivity index (χ1n) is 13.3. The normalized spacial score (nSPS) is 12.1. The van der Waals surface area contributed by atoms with Crippen molar-refractivity contribution >= 4 is 27.5 Å². The van der Waals surface area contributed by atoms with Crippen molar-refractivity contribution in [3.05, 3.63) is 102 Å². The number of aryl methyl sites for hydroxylation is 1. The number of sulfonamides is 1. The van der Waals surface area contributed by atoms with Crippen molar-refractivity contribution in [3.63, 3.8) is 0 Å². The Balaban J connectivity index is 2.01. The molecule has 1 unspecified atom stereocenters. The van der Waals surface area contributed by atoms with E-state index in [1.165, 1.54) is 4.90 Å². The first-order chi connectivity index (χ1) is 18.6. The topological polar surface area (TPSA) is 86.8 Å². The largest absolute Gasteiger partial charge is 0.354 e. The molecule has 0 aromatic heterocycles. The van der Waals surface area contributed by atoms with Crippen molar-refractivity contribution in [2.75, 3.05) is 23.7 Å². The van der Waals surface area contributed by atoms with Crippen molar-refractivity contribution in [2.45, 2.75) is 46.2 Å². The smallest absolute Gasteiger partial charge is 0.244 e. The van der Waals surface area contributed by atoms with Gasteiger partial charge >= 0.3 is 0 Å². The van der Waals surface area contributed by atoms with Crippen LogP contribution in [0.1, 0.15) is 37.5 Å². The number of carbonyl (C=O) groups is 2. The minimum atomic E-state index is -3.78. The summed E-state index contributed by atoms with van der Waals surface area (Å²) in [5, 5.41) is 2.99. The lowest BCUT2D eigenvalue weighted by atomic mass is 10.0. The highest BCUT2D eigenvalue weighted by atomic mass is 32.2. The van der Waals surface area contributed by atoms with Gasteiger partial charge in [-0.1, -0.05) is 93.6 Å². The number of rotatable bonds is 13. The number of nitrogens with zero attached hydrogens (tertiary/aromatic N) is 2. The van der Waals surface area contributed by atoms with Gasteiger partial charge < -0.3 is 10.2 Å². The monoisotopic (exact) mass is 549 g/mol. The molecule has 39 heavy (non-hydrogen) atoms. The van der Waals surface area contributed by atoms with E-state index in [0.29, 0.717) is 18.7 Å². The van der Waals surface area contributed by atoms with E-state index in [2.05, 4.69) is 5.32 Å². The maximum atomic E-state index is 14.0. The summed E-state index contributed by atoms with van der Waals surface area (Å²) in [7, 11) is -3.78. The molecule has 0 spiro atoms. The van der Waals surface area contributed by atoms with Crippen LogP contribution in [0.3, 0.4) is 0 Å². The highest BCUT2D eigenvalue weighted by Gasteiger charge is 2.33. The molecule has 0 radical (unpaired) electrons. The summed E-state index contributed by atoms with van der Waals surface area (Å²) >= 11 is 0. The molecule has 0 heterocycles. The first-order valence-corrected chi connectivity index (χ1v) is 15.1. The molecule has 208 valence electrons. The van der Waals surface area contributed by atoms with Gasteiger partial charge in [-0.2, -0.15) is 0 Å². The Hall–Kier alpha value is -3.65. The van der Waals surface area contributed by atoms with Crippen LogP contribution in [0.2, 0.25) is 0 Å². The average Bonchev–Trinajstić information content (AvgIpc) is 2.92. The van der Waals surface area contributed by atoms with Gasteiger partial charge in [0.25, 0.3) is 0 Å². The van der Waals surface area contributed by atoms with E-state index in [0.717, 1.165) is 33.7 Å². The maximum absolute atomic E-state index is 14.0. The molecule has 0 aliphatic rings. The van der Waals surface area contributed by atoms with Crippen molar-refractivity contribution in [1.29, 1.82) is 0 Å². The molecular formula is C31H39N3O4S. The quantitative estimate of drug-likeness (QED) is 0.342. The van der Waals surface area contributed by atoms with Crippen LogP contribution in [0, 0.1) is 5.92 Å². The van der Waals surface area contributed by atoms with Gasteiger partial charge in [0, 0.05) is 19.5 Å². The third-order valence-electron chi connectivity index (χ3n) is 6.46. The maximum Gasteiger partial charge on any atom is 0.244 e. The summed E-state index contributed by atoms with van der Waals surface area (Å²) in [6, 6.07) is 25.3. The number of amides is 2. The number of hydrogen-bond acceptors (Lipinski definition) is 4. The molecule has 0 fully saturated rings. The fourth-order valence-corrected chi connectivity index (χ4v) is 5.12. The summed E-state index contributed by atoms with van der Waals surface area (Å²) in [6.45, 7) is 6.25. The third-order valence-corrected chi connectivity index (χ3v) is 7.60. The molecule has 0 bridgehead atoms. The van der Waals surface area contributed by atoms with Gasteiger partial charge in [-0.3, -0.25) is 13.9 Å². The van der Waals surface area contributed by atoms with Gasteiger partial charge in [0.05, 0.1) is 11.9 Å². The van der Waals surface area contributed by atoms with Gasteiger partial charge in [0.15, 0.2) is 0 Å². The molecule has 0 aliphatic heterocycles.